The van der Waals surface area contributed by atoms with E-state index in [1.165, 1.54) is 11.6 Å². The van der Waals surface area contributed by atoms with Gasteiger partial charge in [0.15, 0.2) is 11.6 Å². The van der Waals surface area contributed by atoms with E-state index in [1.54, 1.807) is 6.07 Å². The zero-order valence-electron chi connectivity index (χ0n) is 10.5. The Labute approximate surface area is 106 Å². The Morgan fingerprint density at radius 1 is 1.11 bits per heavy atom. The molecule has 0 bridgehead atoms. The number of benzene rings is 2. The predicted molar refractivity (Wildman–Crippen MR) is 71.1 cm³/mol. The lowest BCUT2D eigenvalue weighted by atomic mass is 10.1. The third-order valence-electron chi connectivity index (χ3n) is 2.84. The molecule has 0 saturated carbocycles. The number of nitrogen functional groups attached to an aromatic ring is 1. The minimum atomic E-state index is -0.426. The van der Waals surface area contributed by atoms with Crippen LogP contribution in [0.4, 0.5) is 10.1 Å². The highest BCUT2D eigenvalue weighted by Crippen LogP contribution is 2.24. The molecule has 0 aliphatic heterocycles. The summed E-state index contributed by atoms with van der Waals surface area (Å²) in [5.41, 5.74) is 9.07. The molecule has 2 aromatic carbocycles. The summed E-state index contributed by atoms with van der Waals surface area (Å²) >= 11 is 0. The zero-order chi connectivity index (χ0) is 13.1. The lowest BCUT2D eigenvalue weighted by molar-refractivity contribution is 0.290. The van der Waals surface area contributed by atoms with Crippen molar-refractivity contribution >= 4 is 5.69 Å². The van der Waals surface area contributed by atoms with Gasteiger partial charge in [-0.15, -0.1) is 0 Å². The van der Waals surface area contributed by atoms with Gasteiger partial charge in [0, 0.05) is 11.8 Å². The predicted octanol–water partition coefficient (Wildman–Crippen LogP) is 3.60. The van der Waals surface area contributed by atoms with Crippen molar-refractivity contribution in [2.75, 3.05) is 5.73 Å². The maximum atomic E-state index is 13.6. The Bertz CT molecular complexity index is 549. The molecular weight excluding hydrogens is 229 g/mol. The summed E-state index contributed by atoms with van der Waals surface area (Å²) in [6.45, 7) is 4.20. The van der Waals surface area contributed by atoms with Crippen molar-refractivity contribution in [2.45, 2.75) is 20.5 Å². The molecular formula is C15H16FNO. The normalized spacial score (nSPS) is 10.4. The molecule has 94 valence electrons. The summed E-state index contributed by atoms with van der Waals surface area (Å²) in [5.74, 6) is -0.188. The fourth-order valence-corrected chi connectivity index (χ4v) is 1.63. The van der Waals surface area contributed by atoms with Crippen molar-refractivity contribution in [1.29, 1.82) is 0 Å². The molecule has 0 amide bonds. The number of ether oxygens (including phenoxy) is 1. The molecule has 0 heterocycles. The monoisotopic (exact) mass is 245 g/mol. The third kappa shape index (κ3) is 2.80. The molecule has 2 aromatic rings. The van der Waals surface area contributed by atoms with Crippen molar-refractivity contribution in [3.8, 4) is 5.75 Å². The molecule has 0 aliphatic rings. The number of hydrogen-bond donors (Lipinski definition) is 1. The smallest absolute Gasteiger partial charge is 0.167 e. The number of aryl methyl sites for hydroxylation is 2. The Morgan fingerprint density at radius 2 is 1.78 bits per heavy atom. The van der Waals surface area contributed by atoms with Gasteiger partial charge in [-0.05, 0) is 31.0 Å². The summed E-state index contributed by atoms with van der Waals surface area (Å²) in [4.78, 5) is 0. The van der Waals surface area contributed by atoms with Gasteiger partial charge in [0.2, 0.25) is 0 Å². The van der Waals surface area contributed by atoms with Crippen LogP contribution in [0.3, 0.4) is 0 Å². The van der Waals surface area contributed by atoms with Gasteiger partial charge in [0.05, 0.1) is 0 Å². The van der Waals surface area contributed by atoms with E-state index in [4.69, 9.17) is 10.5 Å². The van der Waals surface area contributed by atoms with Crippen molar-refractivity contribution in [3.05, 3.63) is 58.9 Å². The van der Waals surface area contributed by atoms with Crippen molar-refractivity contribution in [2.24, 2.45) is 0 Å². The summed E-state index contributed by atoms with van der Waals surface area (Å²) in [6, 6.07) is 10.9. The van der Waals surface area contributed by atoms with Gasteiger partial charge in [0.25, 0.3) is 0 Å². The van der Waals surface area contributed by atoms with Gasteiger partial charge in [-0.25, -0.2) is 4.39 Å². The van der Waals surface area contributed by atoms with Crippen molar-refractivity contribution in [3.63, 3.8) is 0 Å². The number of anilines is 1. The average molecular weight is 245 g/mol. The highest BCUT2D eigenvalue weighted by atomic mass is 19.1. The van der Waals surface area contributed by atoms with Gasteiger partial charge in [-0.2, -0.15) is 0 Å². The van der Waals surface area contributed by atoms with E-state index in [-0.39, 0.29) is 5.75 Å². The second-order valence-corrected chi connectivity index (χ2v) is 4.41. The van der Waals surface area contributed by atoms with E-state index in [0.29, 0.717) is 12.3 Å². The van der Waals surface area contributed by atoms with Gasteiger partial charge in [0.1, 0.15) is 6.61 Å². The van der Waals surface area contributed by atoms with Crippen LogP contribution in [0, 0.1) is 19.7 Å². The van der Waals surface area contributed by atoms with Crippen LogP contribution in [0.15, 0.2) is 36.4 Å². The van der Waals surface area contributed by atoms with Gasteiger partial charge in [-0.1, -0.05) is 29.8 Å². The first-order chi connectivity index (χ1) is 8.56. The van der Waals surface area contributed by atoms with E-state index < -0.39 is 5.82 Å². The third-order valence-corrected chi connectivity index (χ3v) is 2.84. The Balaban J connectivity index is 2.10. The van der Waals surface area contributed by atoms with E-state index in [1.807, 2.05) is 38.1 Å². The van der Waals surface area contributed by atoms with Crippen LogP contribution in [0.1, 0.15) is 16.7 Å². The maximum Gasteiger partial charge on any atom is 0.167 e. The number of rotatable bonds is 3. The summed E-state index contributed by atoms with van der Waals surface area (Å²) in [6.07, 6.45) is 0. The standard InChI is InChI=1S/C15H16FNO/c1-10-3-5-12(6-4-10)9-18-15-7-11(2)14(17)8-13(15)16/h3-8H,9,17H2,1-2H3. The number of hydrogen-bond acceptors (Lipinski definition) is 2. The molecule has 0 spiro atoms. The maximum absolute atomic E-state index is 13.6. The van der Waals surface area contributed by atoms with Crippen LogP contribution < -0.4 is 10.5 Å². The molecule has 0 aliphatic carbocycles. The second kappa shape index (κ2) is 5.08. The molecule has 0 atom stereocenters. The first-order valence-electron chi connectivity index (χ1n) is 5.80. The van der Waals surface area contributed by atoms with Crippen molar-refractivity contribution < 1.29 is 9.13 Å². The van der Waals surface area contributed by atoms with Crippen LogP contribution in [0.25, 0.3) is 0 Å². The largest absolute Gasteiger partial charge is 0.486 e. The molecule has 0 aromatic heterocycles. The average Bonchev–Trinajstić information content (AvgIpc) is 2.34. The SMILES string of the molecule is Cc1ccc(COc2cc(C)c(N)cc2F)cc1. The van der Waals surface area contributed by atoms with Gasteiger partial charge in [-0.3, -0.25) is 0 Å². The van der Waals surface area contributed by atoms with Crippen LogP contribution in [-0.2, 0) is 6.61 Å². The first-order valence-corrected chi connectivity index (χ1v) is 5.80. The minimum absolute atomic E-state index is 0.238. The molecule has 2 rings (SSSR count). The lowest BCUT2D eigenvalue weighted by Gasteiger charge is -2.10. The Hall–Kier alpha value is -2.03. The van der Waals surface area contributed by atoms with Crippen LogP contribution in [-0.4, -0.2) is 0 Å². The van der Waals surface area contributed by atoms with E-state index >= 15 is 0 Å². The Morgan fingerprint density at radius 3 is 2.44 bits per heavy atom. The minimum Gasteiger partial charge on any atom is -0.486 e. The topological polar surface area (TPSA) is 35.2 Å². The molecule has 0 unspecified atom stereocenters. The second-order valence-electron chi connectivity index (χ2n) is 4.41. The van der Waals surface area contributed by atoms with Crippen LogP contribution >= 0.6 is 0 Å². The number of nitrogens with two attached hydrogens (primary N) is 1. The highest BCUT2D eigenvalue weighted by molar-refractivity contribution is 5.50. The summed E-state index contributed by atoms with van der Waals surface area (Å²) in [5, 5.41) is 0. The molecule has 18 heavy (non-hydrogen) atoms. The van der Waals surface area contributed by atoms with Crippen molar-refractivity contribution in [1.82, 2.24) is 0 Å². The van der Waals surface area contributed by atoms with Crippen LogP contribution in [0.2, 0.25) is 0 Å². The molecule has 2 nitrogen and oxygen atoms in total. The molecule has 3 heteroatoms. The number of halogens is 1. The summed E-state index contributed by atoms with van der Waals surface area (Å²) < 4.78 is 19.1. The van der Waals surface area contributed by atoms with Gasteiger partial charge < -0.3 is 10.5 Å². The fraction of sp³-hybridized carbons (Fsp3) is 0.200. The lowest BCUT2D eigenvalue weighted by Crippen LogP contribution is -1.99. The van der Waals surface area contributed by atoms with E-state index in [0.717, 1.165) is 11.1 Å². The first kappa shape index (κ1) is 12.4. The van der Waals surface area contributed by atoms with Gasteiger partial charge >= 0.3 is 0 Å². The summed E-state index contributed by atoms with van der Waals surface area (Å²) in [7, 11) is 0. The molecule has 0 fully saturated rings. The van der Waals surface area contributed by atoms with E-state index in [9.17, 15) is 4.39 Å². The quantitative estimate of drug-likeness (QED) is 0.838. The zero-order valence-corrected chi connectivity index (χ0v) is 10.5. The fourth-order valence-electron chi connectivity index (χ4n) is 1.63. The van der Waals surface area contributed by atoms with Crippen LogP contribution in [0.5, 0.6) is 5.75 Å². The molecule has 0 saturated heterocycles. The molecule has 2 N–H and O–H groups in total. The van der Waals surface area contributed by atoms with E-state index in [2.05, 4.69) is 0 Å². The molecule has 0 radical (unpaired) electrons. The highest BCUT2D eigenvalue weighted by Gasteiger charge is 2.06. The Kier molecular flexibility index (Phi) is 3.51.